The van der Waals surface area contributed by atoms with Crippen LogP contribution in [0.1, 0.15) is 24.6 Å². The number of aromatic amines is 1. The van der Waals surface area contributed by atoms with E-state index in [4.69, 9.17) is 46.2 Å². The Labute approximate surface area is 169 Å². The van der Waals surface area contributed by atoms with Crippen molar-refractivity contribution in [2.24, 2.45) is 0 Å². The van der Waals surface area contributed by atoms with Crippen LogP contribution >= 0.6 is 20.4 Å². The Hall–Kier alpha value is -1.48. The molecule has 3 atom stereocenters. The molecule has 0 spiro atoms. The van der Waals surface area contributed by atoms with E-state index in [-0.39, 0.29) is 6.61 Å². The van der Waals surface area contributed by atoms with Crippen LogP contribution in [0.4, 0.5) is 0 Å². The molecule has 1 aromatic heterocycles. The molecule has 2 N–H and O–H groups in total. The summed E-state index contributed by atoms with van der Waals surface area (Å²) in [6, 6.07) is 8.67. The average molecular weight is 417 g/mol. The van der Waals surface area contributed by atoms with E-state index in [0.717, 1.165) is 5.56 Å². The maximum Gasteiger partial charge on any atom is 0.618 e. The van der Waals surface area contributed by atoms with Crippen molar-refractivity contribution < 1.29 is 23.2 Å². The van der Waals surface area contributed by atoms with Crippen molar-refractivity contribution in [2.75, 3.05) is 0 Å². The number of rotatable bonds is 4. The summed E-state index contributed by atoms with van der Waals surface area (Å²) in [7, 11) is 8.38. The molecule has 1 saturated heterocycles. The molecule has 0 aliphatic carbocycles. The molecular formula is C16H16B2N2O6PS+. The topological polar surface area (TPSA) is 94.9 Å². The smallest absolute Gasteiger partial charge is 0.353 e. The summed E-state index contributed by atoms with van der Waals surface area (Å²) < 4.78 is 23.8. The van der Waals surface area contributed by atoms with E-state index in [1.165, 1.54) is 10.8 Å². The van der Waals surface area contributed by atoms with Crippen LogP contribution in [0, 0.1) is 4.64 Å². The van der Waals surface area contributed by atoms with E-state index in [9.17, 15) is 9.69 Å². The summed E-state index contributed by atoms with van der Waals surface area (Å²) >= 11 is 4.93. The second-order valence-corrected chi connectivity index (χ2v) is 8.56. The zero-order valence-electron chi connectivity index (χ0n) is 14.7. The quantitative estimate of drug-likeness (QED) is 0.446. The molecule has 0 amide bonds. The van der Waals surface area contributed by atoms with E-state index in [0.29, 0.717) is 23.2 Å². The van der Waals surface area contributed by atoms with Gasteiger partial charge in [0.25, 0.3) is 0 Å². The van der Waals surface area contributed by atoms with Crippen molar-refractivity contribution in [3.8, 4) is 5.75 Å². The molecule has 28 heavy (non-hydrogen) atoms. The Morgan fingerprint density at radius 1 is 1.32 bits per heavy atom. The first-order valence-electron chi connectivity index (χ1n) is 8.55. The number of nitrogens with zero attached hydrogens (tertiary/aromatic N) is 1. The molecule has 0 bridgehead atoms. The highest BCUT2D eigenvalue weighted by molar-refractivity contribution is 7.71. The van der Waals surface area contributed by atoms with Gasteiger partial charge in [-0.25, -0.2) is 4.79 Å². The van der Waals surface area contributed by atoms with Gasteiger partial charge in [0, 0.05) is 11.8 Å². The normalized spacial score (nSPS) is 27.2. The average Bonchev–Trinajstić information content (AvgIpc) is 3.11. The summed E-state index contributed by atoms with van der Waals surface area (Å²) in [4.78, 5) is 25.2. The summed E-state index contributed by atoms with van der Waals surface area (Å²) in [5.74, 6) is 0.441. The van der Waals surface area contributed by atoms with Gasteiger partial charge >= 0.3 is 13.9 Å². The lowest BCUT2D eigenvalue weighted by molar-refractivity contribution is -0.0560. The highest BCUT2D eigenvalue weighted by atomic mass is 32.1. The van der Waals surface area contributed by atoms with E-state index < -0.39 is 31.6 Å². The SMILES string of the molecule is [B]C([B])(O[P+]1(O)OCc2ccccc2O1)C1CCC(n2ccc(=S)[nH]c2=O)O1. The van der Waals surface area contributed by atoms with Gasteiger partial charge in [-0.3, -0.25) is 14.1 Å². The minimum Gasteiger partial charge on any atom is -0.353 e. The van der Waals surface area contributed by atoms with Gasteiger partial charge in [-0.05, 0) is 25.0 Å². The first kappa shape index (κ1) is 19.8. The lowest BCUT2D eigenvalue weighted by Crippen LogP contribution is -2.47. The molecule has 2 aliphatic rings. The first-order valence-corrected chi connectivity index (χ1v) is 10.5. The van der Waals surface area contributed by atoms with E-state index >= 15 is 0 Å². The standard InChI is InChI=1S/C16H15B2N2O6PS/c17-16(18,26-27(22)23-9-10-3-1-2-4-11(10)25-27)12-5-6-14(24-12)20-8-7-13(28)19-15(20)21/h1-4,7-8,12,14,22H,5-6,9H2/p+1. The molecule has 4 radical (unpaired) electrons. The van der Waals surface area contributed by atoms with Gasteiger partial charge in [-0.1, -0.05) is 30.4 Å². The molecule has 3 heterocycles. The fourth-order valence-electron chi connectivity index (χ4n) is 3.13. The minimum absolute atomic E-state index is 0.101. The fraction of sp³-hybridized carbons (Fsp3) is 0.375. The number of nitrogens with one attached hydrogen (secondary N) is 1. The Balaban J connectivity index is 1.47. The summed E-state index contributed by atoms with van der Waals surface area (Å²) in [5, 5.41) is -1.89. The number of hydrogen-bond acceptors (Lipinski definition) is 7. The van der Waals surface area contributed by atoms with Gasteiger partial charge in [-0.2, -0.15) is 9.42 Å². The predicted octanol–water partition coefficient (Wildman–Crippen LogP) is 1.87. The third-order valence-corrected chi connectivity index (χ3v) is 6.17. The zero-order valence-corrected chi connectivity index (χ0v) is 16.4. The van der Waals surface area contributed by atoms with Crippen molar-refractivity contribution in [1.82, 2.24) is 9.55 Å². The van der Waals surface area contributed by atoms with Gasteiger partial charge < -0.3 is 4.74 Å². The van der Waals surface area contributed by atoms with Gasteiger partial charge in [0.2, 0.25) is 0 Å². The number of ether oxygens (including phenoxy) is 1. The first-order chi connectivity index (χ1) is 13.3. The van der Waals surface area contributed by atoms with Crippen LogP contribution < -0.4 is 10.2 Å². The Morgan fingerprint density at radius 3 is 2.89 bits per heavy atom. The van der Waals surface area contributed by atoms with Crippen molar-refractivity contribution >= 4 is 36.1 Å². The van der Waals surface area contributed by atoms with Crippen LogP contribution in [0.25, 0.3) is 0 Å². The molecular weight excluding hydrogens is 401 g/mol. The second-order valence-electron chi connectivity index (χ2n) is 6.56. The van der Waals surface area contributed by atoms with Gasteiger partial charge in [-0.15, -0.1) is 4.52 Å². The Bertz CT molecular complexity index is 1000. The van der Waals surface area contributed by atoms with E-state index in [1.54, 1.807) is 18.2 Å². The highest BCUT2D eigenvalue weighted by Crippen LogP contribution is 2.63. The summed E-state index contributed by atoms with van der Waals surface area (Å²) in [6.07, 6.45) is 1.00. The molecule has 3 unspecified atom stereocenters. The summed E-state index contributed by atoms with van der Waals surface area (Å²) in [6.45, 7) is 0.101. The molecule has 2 aromatic rings. The van der Waals surface area contributed by atoms with Gasteiger partial charge in [0.15, 0.2) is 5.75 Å². The van der Waals surface area contributed by atoms with Crippen molar-refractivity contribution in [2.45, 2.75) is 37.2 Å². The van der Waals surface area contributed by atoms with Gasteiger partial charge in [0.05, 0.1) is 11.5 Å². The largest absolute Gasteiger partial charge is 0.618 e. The number of fused-ring (bicyclic) bond motifs is 1. The number of para-hydroxylation sites is 1. The van der Waals surface area contributed by atoms with Crippen LogP contribution in [0.15, 0.2) is 41.3 Å². The lowest BCUT2D eigenvalue weighted by atomic mass is 9.61. The van der Waals surface area contributed by atoms with Crippen LogP contribution in [-0.4, -0.2) is 41.6 Å². The monoisotopic (exact) mass is 417 g/mol. The van der Waals surface area contributed by atoms with Crippen molar-refractivity contribution in [1.29, 1.82) is 0 Å². The number of hydrogen-bond donors (Lipinski definition) is 2. The van der Waals surface area contributed by atoms with E-state index in [2.05, 4.69) is 4.98 Å². The molecule has 12 heteroatoms. The molecule has 1 fully saturated rings. The van der Waals surface area contributed by atoms with Crippen molar-refractivity contribution in [3.05, 3.63) is 57.2 Å². The maximum absolute atomic E-state index is 12.1. The third kappa shape index (κ3) is 3.96. The van der Waals surface area contributed by atoms with Crippen LogP contribution in [0.5, 0.6) is 5.75 Å². The molecule has 1 aromatic carbocycles. The predicted molar refractivity (Wildman–Crippen MR) is 105 cm³/mol. The molecule has 8 nitrogen and oxygen atoms in total. The van der Waals surface area contributed by atoms with Crippen LogP contribution in [0.2, 0.25) is 0 Å². The Morgan fingerprint density at radius 2 is 2.11 bits per heavy atom. The molecule has 2 aliphatic heterocycles. The number of H-pyrrole nitrogens is 1. The van der Waals surface area contributed by atoms with Gasteiger partial charge in [0.1, 0.15) is 33.2 Å². The van der Waals surface area contributed by atoms with Crippen molar-refractivity contribution in [3.63, 3.8) is 0 Å². The summed E-state index contributed by atoms with van der Waals surface area (Å²) in [5.41, 5.74) is 0.369. The zero-order chi connectivity index (χ0) is 19.9. The lowest BCUT2D eigenvalue weighted by Gasteiger charge is -2.33. The minimum atomic E-state index is -3.80. The van der Waals surface area contributed by atoms with E-state index in [1.807, 2.05) is 12.1 Å². The number of benzene rings is 1. The highest BCUT2D eigenvalue weighted by Gasteiger charge is 2.56. The van der Waals surface area contributed by atoms with Crippen LogP contribution in [0.3, 0.4) is 0 Å². The van der Waals surface area contributed by atoms with Crippen LogP contribution in [-0.2, 0) is 20.4 Å². The second kappa shape index (κ2) is 7.40. The molecule has 142 valence electrons. The number of aromatic nitrogens is 2. The third-order valence-electron chi connectivity index (χ3n) is 4.50. The maximum atomic E-state index is 12.1. The molecule has 4 rings (SSSR count). The fourth-order valence-corrected chi connectivity index (χ4v) is 4.66. The Kier molecular flexibility index (Phi) is 5.24. The molecule has 0 saturated carbocycles.